The van der Waals surface area contributed by atoms with Gasteiger partial charge in [0, 0.05) is 77.3 Å². The third-order valence-corrected chi connectivity index (χ3v) is 12.3. The molecular weight excluding hydrogens is 973 g/mol. The summed E-state index contributed by atoms with van der Waals surface area (Å²) in [6, 6.07) is 0. The quantitative estimate of drug-likeness (QED) is 0.0219. The van der Waals surface area contributed by atoms with Crippen LogP contribution in [0.15, 0.2) is 0 Å². The minimum Gasteiger partial charge on any atom is -0.394 e. The predicted octanol–water partition coefficient (Wildman–Crippen LogP) is -2.98. The molecule has 3 aliphatic rings. The lowest BCUT2D eigenvalue weighted by molar-refractivity contribution is -0.301. The third kappa shape index (κ3) is 22.9. The van der Waals surface area contributed by atoms with Gasteiger partial charge in [0.25, 0.3) is 11.8 Å². The topological polar surface area (TPSA) is 392 Å². The van der Waals surface area contributed by atoms with Gasteiger partial charge in [-0.1, -0.05) is 19.3 Å². The molecule has 0 aromatic carbocycles. The molecule has 10 atom stereocenters. The van der Waals surface area contributed by atoms with Crippen molar-refractivity contribution in [3.63, 3.8) is 0 Å². The predicted molar refractivity (Wildman–Crippen MR) is 247 cm³/mol. The average molecular weight is 1050 g/mol. The standard InChI is InChI=1S/C47H76N4O22/c52-27-32-40(63)42(65)44(67)46(71-32)69-23-10-14-29(54)11-5-3-9-21-48-35(58)26-50(36(59)18-17-30(55)12-7-8-16-39(62)73-51-37(60)19-20-38(51)61)25-31(56)13-4-1-2-6-15-34(57)49-22-24-70-47-45(68)43(66)41(64)33(28-53)72-47/h32-33,40-47,52-53,63-68H,1-28H2,(H,48,58)(H,49,57)/t32-,33-,40-,41-,42+,43+,44+,45+,46+,47+/m1/s1. The van der Waals surface area contributed by atoms with E-state index in [1.807, 2.05) is 0 Å². The Bertz CT molecular complexity index is 1690. The van der Waals surface area contributed by atoms with E-state index in [2.05, 4.69) is 10.6 Å². The van der Waals surface area contributed by atoms with Crippen molar-refractivity contribution < 1.29 is 108 Å². The van der Waals surface area contributed by atoms with Gasteiger partial charge in [-0.3, -0.25) is 38.4 Å². The Morgan fingerprint density at radius 1 is 0.507 bits per heavy atom. The fourth-order valence-corrected chi connectivity index (χ4v) is 7.95. The van der Waals surface area contributed by atoms with E-state index < -0.39 is 111 Å². The summed E-state index contributed by atoms with van der Waals surface area (Å²) in [4.78, 5) is 118. The van der Waals surface area contributed by atoms with Crippen molar-refractivity contribution in [2.45, 2.75) is 190 Å². The van der Waals surface area contributed by atoms with E-state index in [0.717, 1.165) is 4.90 Å². The van der Waals surface area contributed by atoms with Crippen molar-refractivity contribution >= 4 is 52.9 Å². The summed E-state index contributed by atoms with van der Waals surface area (Å²) in [6.45, 7) is -1.82. The first kappa shape index (κ1) is 62.8. The molecule has 0 saturated carbocycles. The minimum atomic E-state index is -1.59. The Hall–Kier alpha value is -4.45. The van der Waals surface area contributed by atoms with Crippen LogP contribution in [0.3, 0.4) is 0 Å². The lowest BCUT2D eigenvalue weighted by Gasteiger charge is -2.39. The summed E-state index contributed by atoms with van der Waals surface area (Å²) in [5.41, 5.74) is 0. The number of amides is 5. The van der Waals surface area contributed by atoms with E-state index in [-0.39, 0.29) is 133 Å². The van der Waals surface area contributed by atoms with Gasteiger partial charge in [0.05, 0.1) is 39.5 Å². The highest BCUT2D eigenvalue weighted by Gasteiger charge is 2.45. The van der Waals surface area contributed by atoms with Crippen LogP contribution in [0.5, 0.6) is 0 Å². The molecule has 0 unspecified atom stereocenters. The molecule has 0 spiro atoms. The van der Waals surface area contributed by atoms with Crippen molar-refractivity contribution in [3.05, 3.63) is 0 Å². The van der Waals surface area contributed by atoms with Gasteiger partial charge >= 0.3 is 5.97 Å². The van der Waals surface area contributed by atoms with Crippen molar-refractivity contribution in [2.24, 2.45) is 0 Å². The molecule has 416 valence electrons. The molecule has 0 radical (unpaired) electrons. The normalized spacial score (nSPS) is 25.1. The molecule has 0 aliphatic carbocycles. The highest BCUT2D eigenvalue weighted by atomic mass is 16.7. The lowest BCUT2D eigenvalue weighted by Crippen LogP contribution is -2.59. The van der Waals surface area contributed by atoms with Gasteiger partial charge in [-0.05, 0) is 44.9 Å². The number of unbranched alkanes of at least 4 members (excludes halogenated alkanes) is 6. The first-order valence-electron chi connectivity index (χ1n) is 25.1. The Labute approximate surface area is 422 Å². The molecule has 3 fully saturated rings. The molecule has 3 rings (SSSR count). The fraction of sp³-hybridized carbons (Fsp3) is 0.809. The number of rotatable bonds is 37. The number of nitrogens with one attached hydrogen (secondary N) is 2. The van der Waals surface area contributed by atoms with Crippen LogP contribution < -0.4 is 10.6 Å². The van der Waals surface area contributed by atoms with Crippen molar-refractivity contribution in [2.75, 3.05) is 52.6 Å². The minimum absolute atomic E-state index is 0.0162. The Balaban J connectivity index is 1.35. The maximum atomic E-state index is 13.3. The summed E-state index contributed by atoms with van der Waals surface area (Å²) < 4.78 is 21.3. The summed E-state index contributed by atoms with van der Waals surface area (Å²) in [6.07, 6.45) is -9.60. The number of imide groups is 1. The Kier molecular flexibility index (Phi) is 29.4. The van der Waals surface area contributed by atoms with E-state index in [9.17, 15) is 84.0 Å². The number of hydrogen-bond acceptors (Lipinski definition) is 22. The van der Waals surface area contributed by atoms with Crippen LogP contribution >= 0.6 is 0 Å². The highest BCUT2D eigenvalue weighted by molar-refractivity contribution is 6.01. The zero-order valence-corrected chi connectivity index (χ0v) is 41.3. The monoisotopic (exact) mass is 1050 g/mol. The summed E-state index contributed by atoms with van der Waals surface area (Å²) in [7, 11) is 0. The van der Waals surface area contributed by atoms with Gasteiger partial charge < -0.3 is 80.2 Å². The van der Waals surface area contributed by atoms with Gasteiger partial charge in [0.2, 0.25) is 17.7 Å². The van der Waals surface area contributed by atoms with Crippen LogP contribution in [0, 0.1) is 0 Å². The zero-order valence-electron chi connectivity index (χ0n) is 41.3. The molecule has 26 nitrogen and oxygen atoms in total. The van der Waals surface area contributed by atoms with Gasteiger partial charge in [0.15, 0.2) is 18.4 Å². The largest absolute Gasteiger partial charge is 0.394 e. The number of ether oxygens (including phenoxy) is 4. The molecule has 5 amide bonds. The first-order valence-corrected chi connectivity index (χ1v) is 25.1. The lowest BCUT2D eigenvalue weighted by atomic mass is 9.99. The smallest absolute Gasteiger partial charge is 0.333 e. The van der Waals surface area contributed by atoms with Crippen molar-refractivity contribution in [1.82, 2.24) is 20.6 Å². The molecule has 3 aliphatic heterocycles. The van der Waals surface area contributed by atoms with Crippen LogP contribution in [0.1, 0.15) is 128 Å². The highest BCUT2D eigenvalue weighted by Crippen LogP contribution is 2.24. The van der Waals surface area contributed by atoms with E-state index in [1.54, 1.807) is 0 Å². The van der Waals surface area contributed by atoms with Gasteiger partial charge in [-0.15, -0.1) is 5.06 Å². The summed E-state index contributed by atoms with van der Waals surface area (Å²) in [5, 5.41) is 84.0. The number of aliphatic hydroxyl groups excluding tert-OH is 8. The molecule has 3 heterocycles. The van der Waals surface area contributed by atoms with Gasteiger partial charge in [-0.25, -0.2) is 4.79 Å². The first-order chi connectivity index (χ1) is 34.9. The van der Waals surface area contributed by atoms with Crippen LogP contribution in [0.25, 0.3) is 0 Å². The van der Waals surface area contributed by atoms with Crippen LogP contribution in [0.2, 0.25) is 0 Å². The third-order valence-electron chi connectivity index (χ3n) is 12.3. The molecule has 0 aromatic heterocycles. The fourth-order valence-electron chi connectivity index (χ4n) is 7.95. The van der Waals surface area contributed by atoms with E-state index in [4.69, 9.17) is 23.8 Å². The van der Waals surface area contributed by atoms with Crippen molar-refractivity contribution in [1.29, 1.82) is 0 Å². The number of carbonyl (C=O) groups excluding carboxylic acids is 9. The maximum Gasteiger partial charge on any atom is 0.333 e. The number of carbonyl (C=O) groups is 9. The molecule has 10 N–H and O–H groups in total. The van der Waals surface area contributed by atoms with Crippen LogP contribution in [-0.4, -0.2) is 218 Å². The summed E-state index contributed by atoms with van der Waals surface area (Å²) in [5.74, 6) is -4.08. The molecule has 73 heavy (non-hydrogen) atoms. The van der Waals surface area contributed by atoms with E-state index in [0.29, 0.717) is 56.4 Å². The van der Waals surface area contributed by atoms with Crippen LogP contribution in [-0.2, 0) is 66.9 Å². The second-order valence-electron chi connectivity index (χ2n) is 18.3. The van der Waals surface area contributed by atoms with Crippen molar-refractivity contribution in [3.8, 4) is 0 Å². The SMILES string of the molecule is O=C(CCCCCNC(=O)CN(CC(=O)CCCCCCC(=O)NCCO[C@H]1O[C@H](CO)[C@@H](O)[C@H](O)[C@@H]1O)C(=O)CCC(=O)CCCCC(=O)ON1C(=O)CCC1=O)CCCO[C@H]1O[C@H](CO)[C@@H](O)[C@H](O)[C@@H]1O. The molecular formula is C47H76N4O22. The Morgan fingerprint density at radius 3 is 1.58 bits per heavy atom. The zero-order chi connectivity index (χ0) is 53.9. The number of aliphatic hydroxyl groups is 8. The summed E-state index contributed by atoms with van der Waals surface area (Å²) >= 11 is 0. The number of hydroxylamine groups is 2. The van der Waals surface area contributed by atoms with E-state index >= 15 is 0 Å². The average Bonchev–Trinajstić information content (AvgIpc) is 3.68. The van der Waals surface area contributed by atoms with Crippen LogP contribution in [0.4, 0.5) is 0 Å². The molecule has 26 heteroatoms. The van der Waals surface area contributed by atoms with E-state index in [1.165, 1.54) is 0 Å². The molecule has 0 bridgehead atoms. The number of nitrogens with zero attached hydrogens (tertiary/aromatic N) is 2. The van der Waals surface area contributed by atoms with Gasteiger partial charge in [-0.2, -0.15) is 0 Å². The number of ketones is 3. The second-order valence-corrected chi connectivity index (χ2v) is 18.3. The Morgan fingerprint density at radius 2 is 0.986 bits per heavy atom. The maximum absolute atomic E-state index is 13.3. The van der Waals surface area contributed by atoms with Gasteiger partial charge in [0.1, 0.15) is 60.4 Å². The second kappa shape index (κ2) is 34.2. The molecule has 3 saturated heterocycles. The molecule has 0 aromatic rings. The number of Topliss-reactive ketones (excluding diaryl/α,β-unsaturated/α-hetero) is 3. The number of hydrogen-bond donors (Lipinski definition) is 10.